The molecule has 1 heterocycles. The standard InChI is InChI=1S/C13H26N2O3/c14-8-4-2-1-3-5-12(17)15-13(11-16)6-9-18-10-7-13/h16H,1-11,14H2,(H,15,17). The number of aliphatic hydroxyl groups is 1. The van der Waals surface area contributed by atoms with Crippen LogP contribution in [0.2, 0.25) is 0 Å². The van der Waals surface area contributed by atoms with E-state index in [4.69, 9.17) is 10.5 Å². The van der Waals surface area contributed by atoms with Crippen molar-refractivity contribution >= 4 is 5.91 Å². The lowest BCUT2D eigenvalue weighted by Gasteiger charge is -2.36. The number of unbranched alkanes of at least 4 members (excludes halogenated alkanes) is 3. The zero-order valence-corrected chi connectivity index (χ0v) is 11.1. The largest absolute Gasteiger partial charge is 0.394 e. The number of rotatable bonds is 8. The summed E-state index contributed by atoms with van der Waals surface area (Å²) in [6, 6.07) is 0. The predicted octanol–water partition coefficient (Wildman–Crippen LogP) is 0.553. The first-order chi connectivity index (χ1) is 8.72. The highest BCUT2D eigenvalue weighted by atomic mass is 16.5. The van der Waals surface area contributed by atoms with Crippen LogP contribution in [0.25, 0.3) is 0 Å². The Bertz CT molecular complexity index is 240. The summed E-state index contributed by atoms with van der Waals surface area (Å²) in [6.07, 6.45) is 5.98. The van der Waals surface area contributed by atoms with Gasteiger partial charge in [0, 0.05) is 19.6 Å². The van der Waals surface area contributed by atoms with Gasteiger partial charge in [0.1, 0.15) is 0 Å². The Hall–Kier alpha value is -0.650. The molecular weight excluding hydrogens is 232 g/mol. The molecule has 1 amide bonds. The summed E-state index contributed by atoms with van der Waals surface area (Å²) < 4.78 is 5.26. The minimum Gasteiger partial charge on any atom is -0.394 e. The maximum Gasteiger partial charge on any atom is 0.220 e. The number of hydrogen-bond acceptors (Lipinski definition) is 4. The van der Waals surface area contributed by atoms with Crippen molar-refractivity contribution in [3.63, 3.8) is 0 Å². The second-order valence-electron chi connectivity index (χ2n) is 5.05. The van der Waals surface area contributed by atoms with Crippen molar-refractivity contribution in [1.29, 1.82) is 0 Å². The molecule has 1 rings (SSSR count). The topological polar surface area (TPSA) is 84.6 Å². The smallest absolute Gasteiger partial charge is 0.220 e. The molecule has 4 N–H and O–H groups in total. The molecule has 1 aliphatic rings. The fourth-order valence-electron chi connectivity index (χ4n) is 2.23. The van der Waals surface area contributed by atoms with Gasteiger partial charge in [-0.3, -0.25) is 4.79 Å². The summed E-state index contributed by atoms with van der Waals surface area (Å²) in [5, 5.41) is 12.4. The van der Waals surface area contributed by atoms with Crippen LogP contribution < -0.4 is 11.1 Å². The summed E-state index contributed by atoms with van der Waals surface area (Å²) in [5.41, 5.74) is 4.96. The highest BCUT2D eigenvalue weighted by molar-refractivity contribution is 5.76. The Morgan fingerprint density at radius 3 is 2.50 bits per heavy atom. The molecule has 0 aromatic heterocycles. The molecule has 106 valence electrons. The second kappa shape index (κ2) is 8.45. The van der Waals surface area contributed by atoms with E-state index in [9.17, 15) is 9.90 Å². The molecule has 0 radical (unpaired) electrons. The quantitative estimate of drug-likeness (QED) is 0.555. The van der Waals surface area contributed by atoms with Crippen LogP contribution in [-0.2, 0) is 9.53 Å². The van der Waals surface area contributed by atoms with Crippen molar-refractivity contribution in [1.82, 2.24) is 5.32 Å². The molecule has 0 unspecified atom stereocenters. The summed E-state index contributed by atoms with van der Waals surface area (Å²) in [7, 11) is 0. The van der Waals surface area contributed by atoms with E-state index in [0.29, 0.717) is 32.5 Å². The predicted molar refractivity (Wildman–Crippen MR) is 70.2 cm³/mol. The fourth-order valence-corrected chi connectivity index (χ4v) is 2.23. The van der Waals surface area contributed by atoms with Crippen LogP contribution in [-0.4, -0.2) is 42.9 Å². The highest BCUT2D eigenvalue weighted by Crippen LogP contribution is 2.20. The van der Waals surface area contributed by atoms with Gasteiger partial charge in [-0.25, -0.2) is 0 Å². The minimum absolute atomic E-state index is 0.00469. The number of ether oxygens (including phenoxy) is 1. The zero-order valence-electron chi connectivity index (χ0n) is 11.1. The fraction of sp³-hybridized carbons (Fsp3) is 0.923. The van der Waals surface area contributed by atoms with Gasteiger partial charge in [-0.05, 0) is 32.2 Å². The third-order valence-corrected chi connectivity index (χ3v) is 3.52. The van der Waals surface area contributed by atoms with Crippen molar-refractivity contribution in [2.75, 3.05) is 26.4 Å². The molecule has 0 bridgehead atoms. The van der Waals surface area contributed by atoms with Crippen molar-refractivity contribution in [2.45, 2.75) is 50.5 Å². The van der Waals surface area contributed by atoms with Gasteiger partial charge in [-0.2, -0.15) is 0 Å². The Kier molecular flexibility index (Phi) is 7.23. The van der Waals surface area contributed by atoms with Gasteiger partial charge in [0.25, 0.3) is 0 Å². The van der Waals surface area contributed by atoms with Crippen LogP contribution in [0.1, 0.15) is 44.9 Å². The monoisotopic (exact) mass is 258 g/mol. The molecule has 0 atom stereocenters. The van der Waals surface area contributed by atoms with E-state index in [1.807, 2.05) is 0 Å². The second-order valence-corrected chi connectivity index (χ2v) is 5.05. The van der Waals surface area contributed by atoms with Crippen molar-refractivity contribution in [2.24, 2.45) is 5.73 Å². The summed E-state index contributed by atoms with van der Waals surface area (Å²) in [5.74, 6) is 0.0405. The molecule has 0 saturated carbocycles. The van der Waals surface area contributed by atoms with Crippen molar-refractivity contribution < 1.29 is 14.6 Å². The lowest BCUT2D eigenvalue weighted by atomic mass is 9.90. The molecule has 5 nitrogen and oxygen atoms in total. The number of carbonyl (C=O) groups is 1. The molecule has 1 aliphatic heterocycles. The molecular formula is C13H26N2O3. The maximum absolute atomic E-state index is 11.8. The van der Waals surface area contributed by atoms with Crippen LogP contribution in [0, 0.1) is 0 Å². The third kappa shape index (κ3) is 5.33. The Morgan fingerprint density at radius 2 is 1.89 bits per heavy atom. The van der Waals surface area contributed by atoms with Crippen molar-refractivity contribution in [3.8, 4) is 0 Å². The number of hydrogen-bond donors (Lipinski definition) is 3. The number of amides is 1. The SMILES string of the molecule is NCCCCCCC(=O)NC1(CO)CCOCC1. The Morgan fingerprint density at radius 1 is 1.22 bits per heavy atom. The van der Waals surface area contributed by atoms with Crippen LogP contribution >= 0.6 is 0 Å². The summed E-state index contributed by atoms with van der Waals surface area (Å²) in [4.78, 5) is 11.8. The zero-order chi connectivity index (χ0) is 13.3. The molecule has 0 spiro atoms. The number of carbonyl (C=O) groups excluding carboxylic acids is 1. The first-order valence-corrected chi connectivity index (χ1v) is 6.92. The molecule has 0 aromatic rings. The van der Waals surface area contributed by atoms with E-state index in [-0.39, 0.29) is 12.5 Å². The van der Waals surface area contributed by atoms with E-state index < -0.39 is 5.54 Å². The average Bonchev–Trinajstić information content (AvgIpc) is 2.39. The number of aliphatic hydroxyl groups excluding tert-OH is 1. The molecule has 0 aromatic carbocycles. The summed E-state index contributed by atoms with van der Waals surface area (Å²) in [6.45, 7) is 1.93. The van der Waals surface area contributed by atoms with E-state index in [0.717, 1.165) is 32.2 Å². The normalized spacial score (nSPS) is 18.6. The lowest BCUT2D eigenvalue weighted by Crippen LogP contribution is -2.54. The van der Waals surface area contributed by atoms with Gasteiger partial charge < -0.3 is 20.9 Å². The van der Waals surface area contributed by atoms with Crippen LogP contribution in [0.5, 0.6) is 0 Å². The van der Waals surface area contributed by atoms with Gasteiger partial charge in [-0.1, -0.05) is 12.8 Å². The van der Waals surface area contributed by atoms with Crippen molar-refractivity contribution in [3.05, 3.63) is 0 Å². The highest BCUT2D eigenvalue weighted by Gasteiger charge is 2.33. The van der Waals surface area contributed by atoms with Crippen LogP contribution in [0.3, 0.4) is 0 Å². The van der Waals surface area contributed by atoms with Gasteiger partial charge in [0.2, 0.25) is 5.91 Å². The molecule has 5 heteroatoms. The molecule has 1 saturated heterocycles. The number of nitrogens with two attached hydrogens (primary N) is 1. The van der Waals surface area contributed by atoms with Gasteiger partial charge in [0.15, 0.2) is 0 Å². The summed E-state index contributed by atoms with van der Waals surface area (Å²) >= 11 is 0. The Labute approximate surface area is 109 Å². The number of nitrogens with one attached hydrogen (secondary N) is 1. The third-order valence-electron chi connectivity index (χ3n) is 3.52. The van der Waals surface area contributed by atoms with Crippen LogP contribution in [0.15, 0.2) is 0 Å². The van der Waals surface area contributed by atoms with Gasteiger partial charge >= 0.3 is 0 Å². The van der Waals surface area contributed by atoms with E-state index in [2.05, 4.69) is 5.32 Å². The molecule has 1 fully saturated rings. The minimum atomic E-state index is -0.452. The first-order valence-electron chi connectivity index (χ1n) is 6.92. The van der Waals surface area contributed by atoms with Gasteiger partial charge in [0.05, 0.1) is 12.1 Å². The molecule has 18 heavy (non-hydrogen) atoms. The maximum atomic E-state index is 11.8. The average molecular weight is 258 g/mol. The molecule has 0 aliphatic carbocycles. The van der Waals surface area contributed by atoms with E-state index in [1.54, 1.807) is 0 Å². The lowest BCUT2D eigenvalue weighted by molar-refractivity contribution is -0.125. The van der Waals surface area contributed by atoms with Gasteiger partial charge in [-0.15, -0.1) is 0 Å². The first kappa shape index (κ1) is 15.4. The van der Waals surface area contributed by atoms with E-state index in [1.165, 1.54) is 0 Å². The van der Waals surface area contributed by atoms with Crippen LogP contribution in [0.4, 0.5) is 0 Å². The van der Waals surface area contributed by atoms with E-state index >= 15 is 0 Å². The Balaban J connectivity index is 2.20.